The average molecular weight is 382 g/mol. The lowest BCUT2D eigenvalue weighted by Gasteiger charge is -2.38. The first kappa shape index (κ1) is 20.4. The lowest BCUT2D eigenvalue weighted by Crippen LogP contribution is -2.30. The second kappa shape index (κ2) is 8.79. The number of rotatable bonds is 5. The van der Waals surface area contributed by atoms with Gasteiger partial charge in [-0.1, -0.05) is 44.7 Å². The van der Waals surface area contributed by atoms with E-state index in [-0.39, 0.29) is 17.3 Å². The first-order valence-electron chi connectivity index (χ1n) is 10.5. The summed E-state index contributed by atoms with van der Waals surface area (Å²) in [5.74, 6) is -1.59. The van der Waals surface area contributed by atoms with Crippen molar-refractivity contribution in [2.75, 3.05) is 0 Å². The highest BCUT2D eigenvalue weighted by molar-refractivity contribution is 5.35. The van der Waals surface area contributed by atoms with E-state index in [1.165, 1.54) is 6.42 Å². The summed E-state index contributed by atoms with van der Waals surface area (Å²) in [7, 11) is 0. The molecule has 4 heteroatoms. The van der Waals surface area contributed by atoms with Crippen LogP contribution in [0.3, 0.4) is 0 Å². The molecule has 0 heterocycles. The van der Waals surface area contributed by atoms with E-state index in [9.17, 15) is 8.78 Å². The third-order valence-corrected chi connectivity index (χ3v) is 6.80. The van der Waals surface area contributed by atoms with E-state index in [0.717, 1.165) is 44.6 Å². The van der Waals surface area contributed by atoms with Crippen molar-refractivity contribution >= 4 is 0 Å². The van der Waals surface area contributed by atoms with Gasteiger partial charge >= 0.3 is 0 Å². The van der Waals surface area contributed by atoms with Gasteiger partial charge in [0.15, 0.2) is 11.6 Å². The predicted molar refractivity (Wildman–Crippen MR) is 101 cm³/mol. The van der Waals surface area contributed by atoms with Crippen LogP contribution >= 0.6 is 0 Å². The molecule has 0 amide bonds. The highest BCUT2D eigenvalue weighted by Crippen LogP contribution is 2.46. The molecule has 2 saturated carbocycles. The van der Waals surface area contributed by atoms with E-state index in [0.29, 0.717) is 36.8 Å². The first-order chi connectivity index (χ1) is 13.0. The van der Waals surface area contributed by atoms with Crippen LogP contribution in [0.5, 0.6) is 0 Å². The fourth-order valence-electron chi connectivity index (χ4n) is 5.43. The van der Waals surface area contributed by atoms with Gasteiger partial charge in [0.05, 0.1) is 0 Å². The minimum atomic E-state index is -1.64. The van der Waals surface area contributed by atoms with Gasteiger partial charge in [-0.15, -0.1) is 0 Å². The van der Waals surface area contributed by atoms with Gasteiger partial charge in [0.25, 0.3) is 6.08 Å². The topological polar surface area (TPSA) is 0 Å². The Morgan fingerprint density at radius 3 is 2.26 bits per heavy atom. The maximum Gasteiger partial charge on any atom is 0.266 e. The van der Waals surface area contributed by atoms with E-state index in [2.05, 4.69) is 6.92 Å². The third kappa shape index (κ3) is 4.41. The minimum absolute atomic E-state index is 0.0747. The number of halogens is 4. The second-order valence-corrected chi connectivity index (χ2v) is 8.49. The summed E-state index contributed by atoms with van der Waals surface area (Å²) in [6, 6.07) is 3.60. The number of hydrogen-bond acceptors (Lipinski definition) is 0. The Morgan fingerprint density at radius 1 is 1.00 bits per heavy atom. The zero-order valence-corrected chi connectivity index (χ0v) is 16.2. The molecular weight excluding hydrogens is 352 g/mol. The molecule has 1 aromatic rings. The Bertz CT molecular complexity index is 656. The molecule has 2 aliphatic carbocycles. The Labute approximate surface area is 160 Å². The molecular formula is C23H30F4. The smallest absolute Gasteiger partial charge is 0.203 e. The van der Waals surface area contributed by atoms with Crippen molar-refractivity contribution in [1.29, 1.82) is 0 Å². The summed E-state index contributed by atoms with van der Waals surface area (Å²) in [6.07, 6.45) is 8.87. The van der Waals surface area contributed by atoms with Gasteiger partial charge in [0, 0.05) is 0 Å². The molecule has 0 bridgehead atoms. The molecule has 2 aliphatic rings. The van der Waals surface area contributed by atoms with Crippen LogP contribution in [0.2, 0.25) is 0 Å². The molecule has 0 aliphatic heterocycles. The van der Waals surface area contributed by atoms with Crippen LogP contribution < -0.4 is 0 Å². The fourth-order valence-corrected chi connectivity index (χ4v) is 5.43. The van der Waals surface area contributed by atoms with E-state index >= 15 is 8.78 Å². The average Bonchev–Trinajstić information content (AvgIpc) is 2.65. The molecule has 3 rings (SSSR count). The van der Waals surface area contributed by atoms with Crippen LogP contribution in [0.15, 0.2) is 24.3 Å². The van der Waals surface area contributed by atoms with Crippen LogP contribution in [0.25, 0.3) is 0 Å². The Hall–Kier alpha value is -1.32. The fraction of sp³-hybridized carbons (Fsp3) is 0.652. The molecule has 1 aromatic carbocycles. The zero-order valence-electron chi connectivity index (χ0n) is 16.2. The van der Waals surface area contributed by atoms with Gasteiger partial charge in [0.1, 0.15) is 0 Å². The van der Waals surface area contributed by atoms with Crippen molar-refractivity contribution in [3.05, 3.63) is 47.1 Å². The van der Waals surface area contributed by atoms with E-state index in [1.807, 2.05) is 6.07 Å². The summed E-state index contributed by atoms with van der Waals surface area (Å²) < 4.78 is 55.0. The van der Waals surface area contributed by atoms with Crippen LogP contribution in [-0.2, 0) is 5.41 Å². The third-order valence-electron chi connectivity index (χ3n) is 6.80. The van der Waals surface area contributed by atoms with Crippen LogP contribution in [0.1, 0.15) is 94.6 Å². The highest BCUT2D eigenvalue weighted by Gasteiger charge is 2.37. The standard InChI is InChI=1S/C23H30F4/c1-2-12-23(13-4-3-5-14-23)19-11-10-18(21(26)22(19)27)17-8-6-16(7-9-17)15-20(24)25/h10-11,15-17H,2-9,12-14H2,1H3. The van der Waals surface area contributed by atoms with Gasteiger partial charge in [0.2, 0.25) is 0 Å². The van der Waals surface area contributed by atoms with Crippen molar-refractivity contribution in [1.82, 2.24) is 0 Å². The minimum Gasteiger partial charge on any atom is -0.203 e. The molecule has 2 fully saturated rings. The number of allylic oxidation sites excluding steroid dienone is 1. The van der Waals surface area contributed by atoms with E-state index in [4.69, 9.17) is 0 Å². The van der Waals surface area contributed by atoms with Gasteiger partial charge in [-0.25, -0.2) is 8.78 Å². The maximum absolute atomic E-state index is 15.1. The molecule has 150 valence electrons. The molecule has 0 unspecified atom stereocenters. The molecule has 0 atom stereocenters. The number of benzene rings is 1. The second-order valence-electron chi connectivity index (χ2n) is 8.49. The van der Waals surface area contributed by atoms with Gasteiger partial charge in [-0.05, 0) is 79.4 Å². The molecule has 27 heavy (non-hydrogen) atoms. The predicted octanol–water partition coefficient (Wildman–Crippen LogP) is 8.02. The van der Waals surface area contributed by atoms with Crippen molar-refractivity contribution in [3.8, 4) is 0 Å². The Balaban J connectivity index is 1.82. The van der Waals surface area contributed by atoms with Gasteiger partial charge in [-0.3, -0.25) is 0 Å². The molecule has 0 radical (unpaired) electrons. The van der Waals surface area contributed by atoms with Crippen LogP contribution in [0.4, 0.5) is 17.6 Å². The van der Waals surface area contributed by atoms with E-state index in [1.54, 1.807) is 6.07 Å². The quantitative estimate of drug-likeness (QED) is 0.452. The van der Waals surface area contributed by atoms with Crippen molar-refractivity contribution in [2.24, 2.45) is 5.92 Å². The largest absolute Gasteiger partial charge is 0.266 e. The summed E-state index contributed by atoms with van der Waals surface area (Å²) in [6.45, 7) is 2.10. The first-order valence-corrected chi connectivity index (χ1v) is 10.5. The highest BCUT2D eigenvalue weighted by atomic mass is 19.3. The molecule has 0 nitrogen and oxygen atoms in total. The monoisotopic (exact) mass is 382 g/mol. The maximum atomic E-state index is 15.1. The van der Waals surface area contributed by atoms with Crippen molar-refractivity contribution < 1.29 is 17.6 Å². The Morgan fingerprint density at radius 2 is 1.67 bits per heavy atom. The van der Waals surface area contributed by atoms with Crippen LogP contribution in [-0.4, -0.2) is 0 Å². The van der Waals surface area contributed by atoms with Crippen LogP contribution in [0, 0.1) is 17.6 Å². The normalized spacial score (nSPS) is 25.2. The zero-order chi connectivity index (χ0) is 19.4. The van der Waals surface area contributed by atoms with E-state index < -0.39 is 17.7 Å². The summed E-state index contributed by atoms with van der Waals surface area (Å²) in [5, 5.41) is 0. The summed E-state index contributed by atoms with van der Waals surface area (Å²) in [5.41, 5.74) is 0.765. The van der Waals surface area contributed by atoms with Crippen molar-refractivity contribution in [2.45, 2.75) is 88.9 Å². The Kier molecular flexibility index (Phi) is 6.65. The molecule has 0 spiro atoms. The molecule has 0 aromatic heterocycles. The molecule has 0 saturated heterocycles. The van der Waals surface area contributed by atoms with Gasteiger partial charge in [-0.2, -0.15) is 8.78 Å². The summed E-state index contributed by atoms with van der Waals surface area (Å²) >= 11 is 0. The lowest BCUT2D eigenvalue weighted by molar-refractivity contribution is 0.259. The lowest BCUT2D eigenvalue weighted by atomic mass is 9.66. The number of hydrogen-bond donors (Lipinski definition) is 0. The SMILES string of the molecule is CCCC1(c2ccc(C3CCC(C=C(F)F)CC3)c(F)c2F)CCCCC1. The molecule has 0 N–H and O–H groups in total. The van der Waals surface area contributed by atoms with Gasteiger partial charge < -0.3 is 0 Å². The summed E-state index contributed by atoms with van der Waals surface area (Å²) in [4.78, 5) is 0. The van der Waals surface area contributed by atoms with Crippen molar-refractivity contribution in [3.63, 3.8) is 0 Å².